The summed E-state index contributed by atoms with van der Waals surface area (Å²) in [4.78, 5) is 4.79. The van der Waals surface area contributed by atoms with Gasteiger partial charge in [0.1, 0.15) is 44.7 Å². The van der Waals surface area contributed by atoms with Crippen LogP contribution in [-0.4, -0.2) is 10.6 Å². The van der Waals surface area contributed by atoms with Crippen molar-refractivity contribution in [1.82, 2.24) is 4.57 Å². The highest BCUT2D eigenvalue weighted by atomic mass is 16.3. The van der Waals surface area contributed by atoms with Crippen molar-refractivity contribution in [1.29, 1.82) is 0 Å². The number of benzene rings is 10. The first kappa shape index (κ1) is 39.1. The van der Waals surface area contributed by atoms with Gasteiger partial charge in [0, 0.05) is 106 Å². The highest BCUT2D eigenvalue weighted by Gasteiger charge is 2.37. The predicted molar refractivity (Wildman–Crippen MR) is 298 cm³/mol. The minimum absolute atomic E-state index is 0.210. The molecule has 2 aliphatic rings. The van der Waals surface area contributed by atoms with Gasteiger partial charge in [-0.05, 0) is 121 Å². The van der Waals surface area contributed by atoms with Crippen LogP contribution in [0.15, 0.2) is 242 Å². The Hall–Kier alpha value is -9.72. The average molecular weight is 938 g/mol. The van der Waals surface area contributed by atoms with Crippen molar-refractivity contribution >= 4 is 138 Å². The molecule has 1 aliphatic heterocycles. The van der Waals surface area contributed by atoms with Crippen LogP contribution in [0.1, 0.15) is 11.5 Å². The molecule has 0 spiro atoms. The van der Waals surface area contributed by atoms with Gasteiger partial charge in [-0.25, -0.2) is 0 Å². The van der Waals surface area contributed by atoms with Gasteiger partial charge < -0.3 is 32.0 Å². The number of nitrogens with zero attached hydrogens (tertiary/aromatic N) is 3. The lowest BCUT2D eigenvalue weighted by Crippen LogP contribution is -2.28. The molecule has 15 aromatic rings. The third-order valence-electron chi connectivity index (χ3n) is 15.7. The summed E-state index contributed by atoms with van der Waals surface area (Å²) in [5, 5.41) is 10.8. The minimum atomic E-state index is 0.210. The number of hydrogen-bond donors (Lipinski definition) is 0. The molecular weight excluding hydrogens is 899 g/mol. The number of fused-ring (bicyclic) bond motifs is 18. The van der Waals surface area contributed by atoms with Crippen LogP contribution < -0.4 is 9.80 Å². The number of hydrogen-bond acceptors (Lipinski definition) is 6. The lowest BCUT2D eigenvalue weighted by molar-refractivity contribution is 0.655. The molecule has 0 fully saturated rings. The third-order valence-corrected chi connectivity index (χ3v) is 15.7. The summed E-state index contributed by atoms with van der Waals surface area (Å²) in [5.41, 5.74) is 16.7. The van der Waals surface area contributed by atoms with Crippen molar-refractivity contribution < 1.29 is 17.7 Å². The first-order valence-electron chi connectivity index (χ1n) is 24.9. The second-order valence-electron chi connectivity index (χ2n) is 19.6. The zero-order valence-electron chi connectivity index (χ0n) is 39.0. The zero-order chi connectivity index (χ0) is 47.5. The van der Waals surface area contributed by atoms with Crippen molar-refractivity contribution in [3.05, 3.63) is 230 Å². The maximum absolute atomic E-state index is 6.60. The first-order chi connectivity index (χ1) is 36.1. The molecule has 1 aliphatic carbocycles. The van der Waals surface area contributed by atoms with E-state index in [-0.39, 0.29) is 6.04 Å². The highest BCUT2D eigenvalue weighted by Crippen LogP contribution is 2.49. The summed E-state index contributed by atoms with van der Waals surface area (Å²) in [7, 11) is 0. The van der Waals surface area contributed by atoms with Crippen molar-refractivity contribution in [2.24, 2.45) is 0 Å². The molecule has 7 heteroatoms. The number of para-hydroxylation sites is 4. The molecule has 17 rings (SSSR count). The van der Waals surface area contributed by atoms with Crippen LogP contribution in [-0.2, 0) is 0 Å². The summed E-state index contributed by atoms with van der Waals surface area (Å²) in [6.45, 7) is 0. The van der Waals surface area contributed by atoms with Gasteiger partial charge in [-0.1, -0.05) is 97.1 Å². The summed E-state index contributed by atoms with van der Waals surface area (Å²) in [6, 6.07) is 71.5. The van der Waals surface area contributed by atoms with Crippen molar-refractivity contribution in [2.45, 2.75) is 12.0 Å². The molecule has 7 nitrogen and oxygen atoms in total. The molecule has 6 heterocycles. The summed E-state index contributed by atoms with van der Waals surface area (Å²) >= 11 is 0. The van der Waals surface area contributed by atoms with Gasteiger partial charge in [0.05, 0.1) is 17.1 Å². The summed E-state index contributed by atoms with van der Waals surface area (Å²) in [6.07, 6.45) is 8.98. The Bertz CT molecular complexity index is 4850. The second kappa shape index (κ2) is 14.4. The molecule has 342 valence electrons. The van der Waals surface area contributed by atoms with E-state index >= 15 is 0 Å². The van der Waals surface area contributed by atoms with Gasteiger partial charge in [-0.3, -0.25) is 0 Å². The van der Waals surface area contributed by atoms with E-state index in [0.29, 0.717) is 5.92 Å². The summed E-state index contributed by atoms with van der Waals surface area (Å²) in [5.74, 6) is 0.308. The van der Waals surface area contributed by atoms with Crippen LogP contribution in [0.4, 0.5) is 28.4 Å². The van der Waals surface area contributed by atoms with Crippen LogP contribution in [0, 0.1) is 0 Å². The normalized spacial score (nSPS) is 15.5. The number of furan rings is 4. The molecule has 0 saturated heterocycles. The van der Waals surface area contributed by atoms with Crippen LogP contribution in [0.3, 0.4) is 0 Å². The van der Waals surface area contributed by atoms with Crippen molar-refractivity contribution in [3.63, 3.8) is 0 Å². The highest BCUT2D eigenvalue weighted by molar-refractivity contribution is 6.18. The second-order valence-corrected chi connectivity index (χ2v) is 19.6. The van der Waals surface area contributed by atoms with Gasteiger partial charge in [0.2, 0.25) is 0 Å². The van der Waals surface area contributed by atoms with E-state index in [2.05, 4.69) is 233 Å². The van der Waals surface area contributed by atoms with Crippen molar-refractivity contribution in [2.75, 3.05) is 9.80 Å². The number of aromatic nitrogens is 1. The third kappa shape index (κ3) is 5.53. The van der Waals surface area contributed by atoms with Crippen LogP contribution in [0.25, 0.3) is 115 Å². The van der Waals surface area contributed by atoms with E-state index in [9.17, 15) is 0 Å². The quantitative estimate of drug-likeness (QED) is 0.171. The standard InChI is InChI=1S/C66H39N3O4/c1-2-12-38(13-3-1)67(39-22-26-59-47(30-39)51-34-53-49-32-41(24-28-61(49)72-65(53)36-63(51)70-59)68-55-18-8-4-14-43(55)44-15-5-9-19-56(44)68)40-23-27-60-48(31-40)52-35-54-50-33-42(25-29-62(50)73-66(54)37-64(52)71-60)69-57-20-10-6-16-45(57)46-17-7-11-21-58(46)69/h1-37,43,55H. The molecule has 2 unspecified atom stereocenters. The van der Waals surface area contributed by atoms with Gasteiger partial charge in [0.25, 0.3) is 0 Å². The van der Waals surface area contributed by atoms with Gasteiger partial charge in [0.15, 0.2) is 0 Å². The van der Waals surface area contributed by atoms with Gasteiger partial charge in [-0.2, -0.15) is 0 Å². The van der Waals surface area contributed by atoms with E-state index < -0.39 is 0 Å². The Balaban J connectivity index is 0.798. The molecule has 0 N–H and O–H groups in total. The Labute approximate surface area is 415 Å². The van der Waals surface area contributed by atoms with Gasteiger partial charge in [-0.15, -0.1) is 0 Å². The van der Waals surface area contributed by atoms with Crippen molar-refractivity contribution in [3.8, 4) is 5.69 Å². The Kier molecular flexibility index (Phi) is 7.72. The largest absolute Gasteiger partial charge is 0.456 e. The average Bonchev–Trinajstić information content (AvgIpc) is 4.30. The SMILES string of the molecule is C1=CC2c3ccccc3N(c3ccc4oc5cc6oc7ccc(N(c8ccccc8)c8ccc9oc%10cc%11oc%12ccc(-n%13c%14ccccc%14c%14ccccc%14%13)cc%12c%11cc%10c9c8)cc7c6cc5c4c3)C2C=C1. The first-order valence-corrected chi connectivity index (χ1v) is 24.9. The molecule has 0 amide bonds. The summed E-state index contributed by atoms with van der Waals surface area (Å²) < 4.78 is 28.6. The van der Waals surface area contributed by atoms with E-state index in [1.165, 1.54) is 33.1 Å². The van der Waals surface area contributed by atoms with Crippen LogP contribution in [0.2, 0.25) is 0 Å². The topological polar surface area (TPSA) is 64.0 Å². The van der Waals surface area contributed by atoms with E-state index in [1.54, 1.807) is 0 Å². The van der Waals surface area contributed by atoms with Crippen LogP contribution in [0.5, 0.6) is 0 Å². The van der Waals surface area contributed by atoms with Gasteiger partial charge >= 0.3 is 0 Å². The fourth-order valence-electron chi connectivity index (χ4n) is 12.4. The Morgan fingerprint density at radius 3 is 1.40 bits per heavy atom. The molecular formula is C66H39N3O4. The molecule has 0 saturated carbocycles. The molecule has 2 atom stereocenters. The van der Waals surface area contributed by atoms with E-state index in [1.807, 2.05) is 6.07 Å². The lowest BCUT2D eigenvalue weighted by atomic mass is 9.91. The van der Waals surface area contributed by atoms with E-state index in [0.717, 1.165) is 116 Å². The molecule has 10 aromatic carbocycles. The zero-order valence-corrected chi connectivity index (χ0v) is 39.0. The fourth-order valence-corrected chi connectivity index (χ4v) is 12.4. The number of anilines is 5. The molecule has 5 aromatic heterocycles. The number of rotatable bonds is 5. The maximum Gasteiger partial charge on any atom is 0.139 e. The maximum atomic E-state index is 6.60. The molecule has 0 radical (unpaired) electrons. The Morgan fingerprint density at radius 2 is 0.795 bits per heavy atom. The Morgan fingerprint density at radius 1 is 0.329 bits per heavy atom. The van der Waals surface area contributed by atoms with Crippen LogP contribution >= 0.6 is 0 Å². The monoisotopic (exact) mass is 937 g/mol. The lowest BCUT2D eigenvalue weighted by Gasteiger charge is -2.28. The minimum Gasteiger partial charge on any atom is -0.456 e. The predicted octanol–water partition coefficient (Wildman–Crippen LogP) is 18.6. The molecule has 73 heavy (non-hydrogen) atoms. The molecule has 0 bridgehead atoms. The number of allylic oxidation sites excluding steroid dienone is 2. The fraction of sp³-hybridized carbons (Fsp3) is 0.0303. The van der Waals surface area contributed by atoms with E-state index in [4.69, 9.17) is 17.7 Å². The smallest absolute Gasteiger partial charge is 0.139 e.